The van der Waals surface area contributed by atoms with E-state index in [9.17, 15) is 0 Å². The fraction of sp³-hybridized carbons (Fsp3) is 0.0909. The molecule has 0 saturated carbocycles. The van der Waals surface area contributed by atoms with Crippen LogP contribution in [-0.4, -0.2) is 0 Å². The van der Waals surface area contributed by atoms with Crippen molar-refractivity contribution in [3.8, 4) is 0 Å². The summed E-state index contributed by atoms with van der Waals surface area (Å²) in [5.74, 6) is 0. The number of halogens is 4. The molecule has 0 radical (unpaired) electrons. The summed E-state index contributed by atoms with van der Waals surface area (Å²) >= 11 is 14.3. The number of hydrogen-bond acceptors (Lipinski definition) is 0. The molecule has 0 nitrogen and oxygen atoms in total. The van der Waals surface area contributed by atoms with Crippen LogP contribution in [0.4, 0.5) is 0 Å². The first-order valence-corrected chi connectivity index (χ1v) is 7.42. The van der Waals surface area contributed by atoms with Gasteiger partial charge in [0.25, 0.3) is 0 Å². The minimum absolute atomic E-state index is 1.03. The molecule has 0 fully saturated rings. The molecule has 0 aliphatic heterocycles. The van der Waals surface area contributed by atoms with Crippen molar-refractivity contribution < 1.29 is 0 Å². The zero-order chi connectivity index (χ0) is 11.2. The maximum absolute atomic E-state index is 3.60. The van der Waals surface area contributed by atoms with Crippen molar-refractivity contribution >= 4 is 74.5 Å². The normalized spacial score (nSPS) is 11.0. The quantitative estimate of drug-likeness (QED) is 0.326. The van der Waals surface area contributed by atoms with Crippen molar-refractivity contribution in [2.75, 3.05) is 0 Å². The van der Waals surface area contributed by atoms with Crippen LogP contribution < -0.4 is 0 Å². The van der Waals surface area contributed by atoms with E-state index in [0.717, 1.165) is 17.9 Å². The Balaban J connectivity index is 3.00. The van der Waals surface area contributed by atoms with Crippen LogP contribution in [0.25, 0.3) is 10.8 Å². The zero-order valence-electron chi connectivity index (χ0n) is 7.74. The molecule has 0 heterocycles. The zero-order valence-corrected chi connectivity index (χ0v) is 14.1. The monoisotopic (exact) mass is 454 g/mol. The molecule has 0 aliphatic rings. The first-order valence-electron chi connectivity index (χ1n) is 4.24. The summed E-state index contributed by atoms with van der Waals surface area (Å²) in [7, 11) is 0. The van der Waals surface area contributed by atoms with Crippen LogP contribution in [-0.2, 0) is 0 Å². The van der Waals surface area contributed by atoms with Crippen molar-refractivity contribution in [3.05, 3.63) is 41.7 Å². The third-order valence-electron chi connectivity index (χ3n) is 2.23. The molecule has 0 spiro atoms. The summed E-state index contributed by atoms with van der Waals surface area (Å²) in [5, 5.41) is 2.40. The second-order valence-electron chi connectivity index (χ2n) is 3.30. The van der Waals surface area contributed by atoms with Gasteiger partial charge >= 0.3 is 0 Å². The van der Waals surface area contributed by atoms with Gasteiger partial charge in [0.05, 0.1) is 0 Å². The molecule has 2 aromatic rings. The SMILES string of the molecule is Cc1ccc2c(Br)c(Br)c(Br)c(Br)c2c1. The van der Waals surface area contributed by atoms with E-state index < -0.39 is 0 Å². The van der Waals surface area contributed by atoms with Gasteiger partial charge in [-0.2, -0.15) is 0 Å². The molecule has 0 unspecified atom stereocenters. The second kappa shape index (κ2) is 4.47. The Morgan fingerprint density at radius 1 is 0.733 bits per heavy atom. The van der Waals surface area contributed by atoms with Gasteiger partial charge in [0, 0.05) is 17.9 Å². The van der Waals surface area contributed by atoms with E-state index >= 15 is 0 Å². The van der Waals surface area contributed by atoms with Crippen LogP contribution in [0.5, 0.6) is 0 Å². The van der Waals surface area contributed by atoms with E-state index in [4.69, 9.17) is 0 Å². The number of fused-ring (bicyclic) bond motifs is 1. The Bertz CT molecular complexity index is 546. The third kappa shape index (κ3) is 2.06. The van der Waals surface area contributed by atoms with Crippen molar-refractivity contribution in [3.63, 3.8) is 0 Å². The number of benzene rings is 2. The van der Waals surface area contributed by atoms with E-state index in [-0.39, 0.29) is 0 Å². The largest absolute Gasteiger partial charge is 0.0586 e. The number of aryl methyl sites for hydroxylation is 1. The molecule has 0 N–H and O–H groups in total. The number of rotatable bonds is 0. The summed E-state index contributed by atoms with van der Waals surface area (Å²) < 4.78 is 4.22. The Morgan fingerprint density at radius 2 is 1.27 bits per heavy atom. The second-order valence-corrected chi connectivity index (χ2v) is 6.48. The van der Waals surface area contributed by atoms with E-state index in [1.54, 1.807) is 0 Å². The maximum atomic E-state index is 3.60. The van der Waals surface area contributed by atoms with Gasteiger partial charge in [-0.15, -0.1) is 0 Å². The van der Waals surface area contributed by atoms with Gasteiger partial charge in [0.1, 0.15) is 0 Å². The average Bonchev–Trinajstić information content (AvgIpc) is 2.23. The average molecular weight is 458 g/mol. The molecular formula is C11H6Br4. The molecule has 0 atom stereocenters. The van der Waals surface area contributed by atoms with Crippen molar-refractivity contribution in [1.82, 2.24) is 0 Å². The Morgan fingerprint density at radius 3 is 1.87 bits per heavy atom. The van der Waals surface area contributed by atoms with Gasteiger partial charge in [-0.05, 0) is 81.4 Å². The lowest BCUT2D eigenvalue weighted by Crippen LogP contribution is -1.83. The highest BCUT2D eigenvalue weighted by Gasteiger charge is 2.12. The van der Waals surface area contributed by atoms with Gasteiger partial charge in [-0.1, -0.05) is 23.8 Å². The molecule has 0 aromatic heterocycles. The van der Waals surface area contributed by atoms with Crippen LogP contribution in [0.1, 0.15) is 5.56 Å². The molecule has 0 bridgehead atoms. The molecule has 15 heavy (non-hydrogen) atoms. The minimum atomic E-state index is 1.03. The van der Waals surface area contributed by atoms with E-state index in [2.05, 4.69) is 88.8 Å². The predicted molar refractivity (Wildman–Crippen MR) is 79.5 cm³/mol. The van der Waals surface area contributed by atoms with Crippen LogP contribution in [0.2, 0.25) is 0 Å². The Kier molecular flexibility index (Phi) is 3.61. The Hall–Kier alpha value is 0.620. The van der Waals surface area contributed by atoms with Crippen molar-refractivity contribution in [2.24, 2.45) is 0 Å². The summed E-state index contributed by atoms with van der Waals surface area (Å²) in [5.41, 5.74) is 1.25. The molecule has 2 aromatic carbocycles. The van der Waals surface area contributed by atoms with Crippen LogP contribution in [0.3, 0.4) is 0 Å². The Labute approximate surface area is 122 Å². The summed E-state index contributed by atoms with van der Waals surface area (Å²) in [4.78, 5) is 0. The fourth-order valence-corrected chi connectivity index (χ4v) is 3.89. The molecule has 4 heteroatoms. The summed E-state index contributed by atoms with van der Waals surface area (Å²) in [6.45, 7) is 2.09. The highest BCUT2D eigenvalue weighted by atomic mass is 79.9. The predicted octanol–water partition coefficient (Wildman–Crippen LogP) is 6.20. The molecule has 0 saturated heterocycles. The summed E-state index contributed by atoms with van der Waals surface area (Å²) in [6.07, 6.45) is 0. The van der Waals surface area contributed by atoms with Gasteiger partial charge < -0.3 is 0 Å². The van der Waals surface area contributed by atoms with E-state index in [0.29, 0.717) is 0 Å². The lowest BCUT2D eigenvalue weighted by atomic mass is 10.1. The highest BCUT2D eigenvalue weighted by molar-refractivity contribution is 9.15. The number of hydrogen-bond donors (Lipinski definition) is 0. The summed E-state index contributed by atoms with van der Waals surface area (Å²) in [6, 6.07) is 6.40. The molecule has 78 valence electrons. The van der Waals surface area contributed by atoms with Crippen LogP contribution in [0.15, 0.2) is 36.1 Å². The minimum Gasteiger partial charge on any atom is -0.0586 e. The fourth-order valence-electron chi connectivity index (χ4n) is 1.46. The molecule has 2 rings (SSSR count). The lowest BCUT2D eigenvalue weighted by molar-refractivity contribution is 1.48. The first kappa shape index (κ1) is 12.1. The first-order chi connectivity index (χ1) is 7.02. The van der Waals surface area contributed by atoms with E-state index in [1.165, 1.54) is 16.3 Å². The van der Waals surface area contributed by atoms with Crippen LogP contribution >= 0.6 is 63.7 Å². The van der Waals surface area contributed by atoms with Gasteiger partial charge in [0.15, 0.2) is 0 Å². The third-order valence-corrected chi connectivity index (χ3v) is 7.06. The lowest BCUT2D eigenvalue weighted by Gasteiger charge is -2.09. The van der Waals surface area contributed by atoms with Crippen molar-refractivity contribution in [2.45, 2.75) is 6.92 Å². The topological polar surface area (TPSA) is 0 Å². The maximum Gasteiger partial charge on any atom is 0.0477 e. The van der Waals surface area contributed by atoms with Crippen molar-refractivity contribution in [1.29, 1.82) is 0 Å². The molecular weight excluding hydrogens is 452 g/mol. The molecule has 0 aliphatic carbocycles. The smallest absolute Gasteiger partial charge is 0.0477 e. The van der Waals surface area contributed by atoms with Gasteiger partial charge in [-0.25, -0.2) is 0 Å². The van der Waals surface area contributed by atoms with E-state index in [1.807, 2.05) is 0 Å². The standard InChI is InChI=1S/C11H6Br4/c1-5-2-3-6-7(4-5)9(13)11(15)10(14)8(6)12/h2-4H,1H3. The van der Waals surface area contributed by atoms with Crippen LogP contribution in [0, 0.1) is 6.92 Å². The highest BCUT2D eigenvalue weighted by Crippen LogP contribution is 2.43. The van der Waals surface area contributed by atoms with Gasteiger partial charge in [0.2, 0.25) is 0 Å². The molecule has 0 amide bonds. The van der Waals surface area contributed by atoms with Gasteiger partial charge in [-0.3, -0.25) is 0 Å².